The molecule has 3 nitrogen and oxygen atoms in total. The fraction of sp³-hybridized carbons (Fsp3) is 0.611. The van der Waals surface area contributed by atoms with E-state index < -0.39 is 0 Å². The van der Waals surface area contributed by atoms with E-state index in [2.05, 4.69) is 35.3 Å². The van der Waals surface area contributed by atoms with Crippen molar-refractivity contribution in [3.05, 3.63) is 35.4 Å². The van der Waals surface area contributed by atoms with Crippen LogP contribution in [0.5, 0.6) is 0 Å². The van der Waals surface area contributed by atoms with Crippen molar-refractivity contribution in [2.24, 2.45) is 5.92 Å². The smallest absolute Gasteiger partial charge is 0.227 e. The highest BCUT2D eigenvalue weighted by Crippen LogP contribution is 2.29. The summed E-state index contributed by atoms with van der Waals surface area (Å²) in [5.74, 6) is 0.953. The molecule has 1 atom stereocenters. The topological polar surface area (TPSA) is 32.3 Å². The van der Waals surface area contributed by atoms with Gasteiger partial charge >= 0.3 is 0 Å². The molecule has 3 heteroatoms. The van der Waals surface area contributed by atoms with Crippen LogP contribution < -0.4 is 5.32 Å². The Balaban J connectivity index is 1.61. The Labute approximate surface area is 127 Å². The third-order valence-electron chi connectivity index (χ3n) is 4.60. The average Bonchev–Trinajstić information content (AvgIpc) is 3.30. The number of carbonyl (C=O) groups excluding carboxylic acids is 1. The highest BCUT2D eigenvalue weighted by atomic mass is 16.2. The van der Waals surface area contributed by atoms with Crippen molar-refractivity contribution in [2.75, 3.05) is 19.6 Å². The second-order valence-electron chi connectivity index (χ2n) is 6.66. The molecule has 1 unspecified atom stereocenters. The molecule has 3 rings (SSSR count). The number of piperidine rings is 1. The van der Waals surface area contributed by atoms with Crippen molar-refractivity contribution in [1.82, 2.24) is 10.2 Å². The van der Waals surface area contributed by atoms with Crippen LogP contribution in [0.3, 0.4) is 0 Å². The first-order chi connectivity index (χ1) is 10.2. The van der Waals surface area contributed by atoms with Gasteiger partial charge < -0.3 is 10.2 Å². The standard InChI is InChI=1S/C18H26N2O/c1-14-4-2-5-15(10-14)11-18(21)20(17-7-8-17)13-16-6-3-9-19-12-16/h2,4-5,10,16-17,19H,3,6-9,11-13H2,1H3. The Kier molecular flexibility index (Phi) is 4.59. The quantitative estimate of drug-likeness (QED) is 0.902. The third-order valence-corrected chi connectivity index (χ3v) is 4.60. The molecule has 0 aromatic heterocycles. The molecule has 1 heterocycles. The second kappa shape index (κ2) is 6.61. The summed E-state index contributed by atoms with van der Waals surface area (Å²) < 4.78 is 0. The third kappa shape index (κ3) is 4.07. The van der Waals surface area contributed by atoms with Crippen LogP contribution >= 0.6 is 0 Å². The minimum atomic E-state index is 0.314. The maximum Gasteiger partial charge on any atom is 0.227 e. The van der Waals surface area contributed by atoms with Gasteiger partial charge in [0.15, 0.2) is 0 Å². The largest absolute Gasteiger partial charge is 0.339 e. The number of nitrogens with zero attached hydrogens (tertiary/aromatic N) is 1. The summed E-state index contributed by atoms with van der Waals surface area (Å²) >= 11 is 0. The molecule has 0 spiro atoms. The number of rotatable bonds is 5. The summed E-state index contributed by atoms with van der Waals surface area (Å²) in [6.07, 6.45) is 5.45. The lowest BCUT2D eigenvalue weighted by Gasteiger charge is -2.30. The van der Waals surface area contributed by atoms with Gasteiger partial charge in [0, 0.05) is 12.6 Å². The minimum absolute atomic E-state index is 0.314. The summed E-state index contributed by atoms with van der Waals surface area (Å²) in [4.78, 5) is 14.9. The van der Waals surface area contributed by atoms with Crippen LogP contribution in [0.2, 0.25) is 0 Å². The molecule has 1 N–H and O–H groups in total. The highest BCUT2D eigenvalue weighted by molar-refractivity contribution is 5.79. The van der Waals surface area contributed by atoms with Gasteiger partial charge in [0.25, 0.3) is 0 Å². The molecule has 21 heavy (non-hydrogen) atoms. The molecular weight excluding hydrogens is 260 g/mol. The molecule has 114 valence electrons. The van der Waals surface area contributed by atoms with Gasteiger partial charge in [-0.2, -0.15) is 0 Å². The summed E-state index contributed by atoms with van der Waals surface area (Å²) in [5, 5.41) is 3.46. The normalized spacial score (nSPS) is 22.0. The lowest BCUT2D eigenvalue weighted by Crippen LogP contribution is -2.42. The van der Waals surface area contributed by atoms with Gasteiger partial charge in [0.1, 0.15) is 0 Å². The maximum absolute atomic E-state index is 12.7. The Morgan fingerprint density at radius 1 is 1.33 bits per heavy atom. The predicted octanol–water partition coefficient (Wildman–Crippen LogP) is 2.53. The summed E-state index contributed by atoms with van der Waals surface area (Å²) in [6.45, 7) is 5.24. The zero-order valence-electron chi connectivity index (χ0n) is 13.0. The van der Waals surface area contributed by atoms with Crippen LogP contribution in [-0.4, -0.2) is 36.5 Å². The SMILES string of the molecule is Cc1cccc(CC(=O)N(CC2CCCNC2)C2CC2)c1. The van der Waals surface area contributed by atoms with Crippen LogP contribution in [0.25, 0.3) is 0 Å². The first kappa shape index (κ1) is 14.6. The number of benzene rings is 1. The van der Waals surface area contributed by atoms with Gasteiger partial charge in [-0.3, -0.25) is 4.79 Å². The molecule has 1 saturated heterocycles. The van der Waals surface area contributed by atoms with Crippen LogP contribution in [0, 0.1) is 12.8 Å². The van der Waals surface area contributed by atoms with Crippen molar-refractivity contribution < 1.29 is 4.79 Å². The summed E-state index contributed by atoms with van der Waals surface area (Å²) in [5.41, 5.74) is 2.38. The first-order valence-electron chi connectivity index (χ1n) is 8.28. The number of nitrogens with one attached hydrogen (secondary N) is 1. The van der Waals surface area contributed by atoms with E-state index in [1.165, 1.54) is 31.2 Å². The van der Waals surface area contributed by atoms with Gasteiger partial charge in [0.2, 0.25) is 5.91 Å². The molecule has 2 fully saturated rings. The highest BCUT2D eigenvalue weighted by Gasteiger charge is 2.34. The van der Waals surface area contributed by atoms with Crippen LogP contribution in [0.1, 0.15) is 36.8 Å². The molecule has 1 aromatic carbocycles. The van der Waals surface area contributed by atoms with Crippen LogP contribution in [-0.2, 0) is 11.2 Å². The minimum Gasteiger partial charge on any atom is -0.339 e. The van der Waals surface area contributed by atoms with E-state index in [1.807, 2.05) is 6.07 Å². The molecule has 1 amide bonds. The van der Waals surface area contributed by atoms with Crippen molar-refractivity contribution in [2.45, 2.75) is 45.1 Å². The van der Waals surface area contributed by atoms with E-state index >= 15 is 0 Å². The van der Waals surface area contributed by atoms with Crippen molar-refractivity contribution in [3.8, 4) is 0 Å². The fourth-order valence-electron chi connectivity index (χ4n) is 3.30. The van der Waals surface area contributed by atoms with Gasteiger partial charge in [0.05, 0.1) is 6.42 Å². The Hall–Kier alpha value is -1.35. The van der Waals surface area contributed by atoms with E-state index in [1.54, 1.807) is 0 Å². The van der Waals surface area contributed by atoms with Crippen molar-refractivity contribution in [3.63, 3.8) is 0 Å². The lowest BCUT2D eigenvalue weighted by molar-refractivity contribution is -0.131. The molecule has 0 radical (unpaired) electrons. The molecule has 1 aromatic rings. The summed E-state index contributed by atoms with van der Waals surface area (Å²) in [7, 11) is 0. The second-order valence-corrected chi connectivity index (χ2v) is 6.66. The Morgan fingerprint density at radius 3 is 2.86 bits per heavy atom. The van der Waals surface area contributed by atoms with E-state index in [4.69, 9.17) is 0 Å². The van der Waals surface area contributed by atoms with Crippen molar-refractivity contribution >= 4 is 5.91 Å². The maximum atomic E-state index is 12.7. The van der Waals surface area contributed by atoms with E-state index in [-0.39, 0.29) is 0 Å². The molecular formula is C18H26N2O. The lowest BCUT2D eigenvalue weighted by atomic mass is 9.98. The van der Waals surface area contributed by atoms with Gasteiger partial charge in [-0.1, -0.05) is 29.8 Å². The number of carbonyl (C=O) groups is 1. The zero-order chi connectivity index (χ0) is 14.7. The van der Waals surface area contributed by atoms with Crippen LogP contribution in [0.15, 0.2) is 24.3 Å². The monoisotopic (exact) mass is 286 g/mol. The number of amides is 1. The van der Waals surface area contributed by atoms with E-state index in [0.29, 0.717) is 24.3 Å². The number of hydrogen-bond donors (Lipinski definition) is 1. The van der Waals surface area contributed by atoms with Gasteiger partial charge in [-0.15, -0.1) is 0 Å². The molecule has 1 saturated carbocycles. The first-order valence-corrected chi connectivity index (χ1v) is 8.28. The zero-order valence-corrected chi connectivity index (χ0v) is 13.0. The Morgan fingerprint density at radius 2 is 2.19 bits per heavy atom. The molecule has 1 aliphatic carbocycles. The van der Waals surface area contributed by atoms with Crippen LogP contribution in [0.4, 0.5) is 0 Å². The van der Waals surface area contributed by atoms with E-state index in [0.717, 1.165) is 25.2 Å². The number of hydrogen-bond acceptors (Lipinski definition) is 2. The fourth-order valence-corrected chi connectivity index (χ4v) is 3.30. The van der Waals surface area contributed by atoms with Gasteiger partial charge in [-0.05, 0) is 57.2 Å². The summed E-state index contributed by atoms with van der Waals surface area (Å²) in [6, 6.07) is 8.85. The van der Waals surface area contributed by atoms with E-state index in [9.17, 15) is 4.79 Å². The molecule has 2 aliphatic rings. The molecule has 1 aliphatic heterocycles. The Bertz CT molecular complexity index is 490. The molecule has 0 bridgehead atoms. The number of aryl methyl sites for hydroxylation is 1. The predicted molar refractivity (Wildman–Crippen MR) is 85.2 cm³/mol. The average molecular weight is 286 g/mol. The van der Waals surface area contributed by atoms with Crippen molar-refractivity contribution in [1.29, 1.82) is 0 Å². The van der Waals surface area contributed by atoms with Gasteiger partial charge in [-0.25, -0.2) is 0 Å².